The van der Waals surface area contributed by atoms with Gasteiger partial charge in [0, 0.05) is 23.8 Å². The predicted octanol–water partition coefficient (Wildman–Crippen LogP) is 1.26. The average molecular weight is 206 g/mol. The summed E-state index contributed by atoms with van der Waals surface area (Å²) in [7, 11) is 0. The van der Waals surface area contributed by atoms with Crippen molar-refractivity contribution in [3.63, 3.8) is 0 Å². The van der Waals surface area contributed by atoms with Crippen molar-refractivity contribution in [2.24, 2.45) is 0 Å². The quantitative estimate of drug-likeness (QED) is 0.765. The van der Waals surface area contributed by atoms with Crippen LogP contribution in [-0.4, -0.2) is 28.6 Å². The molecule has 1 aromatic rings. The van der Waals surface area contributed by atoms with Crippen molar-refractivity contribution >= 4 is 5.82 Å². The van der Waals surface area contributed by atoms with Crippen LogP contribution in [0.15, 0.2) is 6.07 Å². The van der Waals surface area contributed by atoms with Crippen LogP contribution in [0.25, 0.3) is 0 Å². The Morgan fingerprint density at radius 1 is 1.40 bits per heavy atom. The number of aromatic nitrogens is 2. The molecule has 15 heavy (non-hydrogen) atoms. The summed E-state index contributed by atoms with van der Waals surface area (Å²) >= 11 is 0. The molecule has 1 unspecified atom stereocenters. The van der Waals surface area contributed by atoms with Gasteiger partial charge in [-0.05, 0) is 33.7 Å². The minimum absolute atomic E-state index is 0.132. The molecule has 82 valence electrons. The van der Waals surface area contributed by atoms with Crippen LogP contribution in [0.5, 0.6) is 0 Å². The standard InChI is InChI=1S/C11H18N4/c1-8-6-10(14-9(2)13-8)15-11(3)4-5-12-7-11/h6,12H,4-5,7H2,1-3H3,(H,13,14,15). The van der Waals surface area contributed by atoms with E-state index in [0.717, 1.165) is 36.8 Å². The van der Waals surface area contributed by atoms with Gasteiger partial charge >= 0.3 is 0 Å². The fraction of sp³-hybridized carbons (Fsp3) is 0.636. The molecular weight excluding hydrogens is 188 g/mol. The van der Waals surface area contributed by atoms with Gasteiger partial charge in [0.2, 0.25) is 0 Å². The van der Waals surface area contributed by atoms with Gasteiger partial charge in [0.1, 0.15) is 11.6 Å². The van der Waals surface area contributed by atoms with Crippen LogP contribution >= 0.6 is 0 Å². The smallest absolute Gasteiger partial charge is 0.130 e. The zero-order valence-electron chi connectivity index (χ0n) is 9.59. The minimum Gasteiger partial charge on any atom is -0.363 e. The van der Waals surface area contributed by atoms with Crippen molar-refractivity contribution in [1.82, 2.24) is 15.3 Å². The highest BCUT2D eigenvalue weighted by atomic mass is 15.1. The molecular formula is C11H18N4. The highest BCUT2D eigenvalue weighted by molar-refractivity contribution is 5.39. The summed E-state index contributed by atoms with van der Waals surface area (Å²) in [4.78, 5) is 8.66. The summed E-state index contributed by atoms with van der Waals surface area (Å²) in [6, 6.07) is 2.00. The summed E-state index contributed by atoms with van der Waals surface area (Å²) < 4.78 is 0. The molecule has 2 rings (SSSR count). The number of nitrogens with one attached hydrogen (secondary N) is 2. The van der Waals surface area contributed by atoms with Crippen LogP contribution < -0.4 is 10.6 Å². The SMILES string of the molecule is Cc1cc(NC2(C)CCNC2)nc(C)n1. The van der Waals surface area contributed by atoms with Crippen molar-refractivity contribution in [2.75, 3.05) is 18.4 Å². The first kappa shape index (κ1) is 10.4. The van der Waals surface area contributed by atoms with Crippen molar-refractivity contribution in [3.05, 3.63) is 17.6 Å². The van der Waals surface area contributed by atoms with Gasteiger partial charge in [0.25, 0.3) is 0 Å². The lowest BCUT2D eigenvalue weighted by atomic mass is 10.0. The van der Waals surface area contributed by atoms with E-state index >= 15 is 0 Å². The van der Waals surface area contributed by atoms with Gasteiger partial charge in [-0.25, -0.2) is 9.97 Å². The van der Waals surface area contributed by atoms with E-state index in [4.69, 9.17) is 0 Å². The summed E-state index contributed by atoms with van der Waals surface area (Å²) in [5, 5.41) is 6.84. The lowest BCUT2D eigenvalue weighted by Crippen LogP contribution is -2.37. The molecule has 0 radical (unpaired) electrons. The molecule has 1 aromatic heterocycles. The summed E-state index contributed by atoms with van der Waals surface area (Å²) in [5.41, 5.74) is 1.15. The fourth-order valence-corrected chi connectivity index (χ4v) is 2.01. The molecule has 0 spiro atoms. The minimum atomic E-state index is 0.132. The largest absolute Gasteiger partial charge is 0.363 e. The third-order valence-electron chi connectivity index (χ3n) is 2.76. The van der Waals surface area contributed by atoms with Gasteiger partial charge in [0.15, 0.2) is 0 Å². The van der Waals surface area contributed by atoms with Crippen LogP contribution in [0.2, 0.25) is 0 Å². The average Bonchev–Trinajstić information content (AvgIpc) is 2.49. The zero-order chi connectivity index (χ0) is 10.9. The number of nitrogens with zero attached hydrogens (tertiary/aromatic N) is 2. The van der Waals surface area contributed by atoms with Crippen molar-refractivity contribution in [2.45, 2.75) is 32.7 Å². The molecule has 0 saturated carbocycles. The summed E-state index contributed by atoms with van der Waals surface area (Å²) in [6.07, 6.45) is 1.13. The molecule has 2 heterocycles. The topological polar surface area (TPSA) is 49.8 Å². The van der Waals surface area contributed by atoms with Crippen LogP contribution in [0.3, 0.4) is 0 Å². The molecule has 0 amide bonds. The summed E-state index contributed by atoms with van der Waals surface area (Å²) in [6.45, 7) is 8.21. The molecule has 1 saturated heterocycles. The van der Waals surface area contributed by atoms with Gasteiger partial charge in [0.05, 0.1) is 0 Å². The van der Waals surface area contributed by atoms with Crippen molar-refractivity contribution in [3.8, 4) is 0 Å². The molecule has 1 aliphatic heterocycles. The Morgan fingerprint density at radius 3 is 2.80 bits per heavy atom. The third-order valence-corrected chi connectivity index (χ3v) is 2.76. The highest BCUT2D eigenvalue weighted by Crippen LogP contribution is 2.19. The first-order valence-corrected chi connectivity index (χ1v) is 5.39. The first-order valence-electron chi connectivity index (χ1n) is 5.39. The van der Waals surface area contributed by atoms with Crippen LogP contribution in [0.4, 0.5) is 5.82 Å². The van der Waals surface area contributed by atoms with Crippen LogP contribution in [-0.2, 0) is 0 Å². The number of hydrogen-bond acceptors (Lipinski definition) is 4. The number of rotatable bonds is 2. The van der Waals surface area contributed by atoms with Gasteiger partial charge in [-0.1, -0.05) is 0 Å². The second-order valence-corrected chi connectivity index (χ2v) is 4.55. The van der Waals surface area contributed by atoms with E-state index in [-0.39, 0.29) is 5.54 Å². The third kappa shape index (κ3) is 2.45. The number of aryl methyl sites for hydroxylation is 2. The van der Waals surface area contributed by atoms with Gasteiger partial charge in [-0.15, -0.1) is 0 Å². The Bertz CT molecular complexity index is 335. The predicted molar refractivity (Wildman–Crippen MR) is 61.0 cm³/mol. The highest BCUT2D eigenvalue weighted by Gasteiger charge is 2.28. The molecule has 2 N–H and O–H groups in total. The monoisotopic (exact) mass is 206 g/mol. The molecule has 0 bridgehead atoms. The Labute approximate surface area is 90.5 Å². The van der Waals surface area contributed by atoms with E-state index in [1.54, 1.807) is 0 Å². The fourth-order valence-electron chi connectivity index (χ4n) is 2.01. The lowest BCUT2D eigenvalue weighted by Gasteiger charge is -2.25. The maximum Gasteiger partial charge on any atom is 0.130 e. The molecule has 4 nitrogen and oxygen atoms in total. The van der Waals surface area contributed by atoms with E-state index in [2.05, 4.69) is 27.5 Å². The number of hydrogen-bond donors (Lipinski definition) is 2. The zero-order valence-corrected chi connectivity index (χ0v) is 9.59. The Balaban J connectivity index is 2.16. The lowest BCUT2D eigenvalue weighted by molar-refractivity contribution is 0.563. The Kier molecular flexibility index (Phi) is 2.61. The maximum absolute atomic E-state index is 4.39. The van der Waals surface area contributed by atoms with E-state index in [9.17, 15) is 0 Å². The van der Waals surface area contributed by atoms with Crippen molar-refractivity contribution < 1.29 is 0 Å². The van der Waals surface area contributed by atoms with E-state index < -0.39 is 0 Å². The maximum atomic E-state index is 4.39. The van der Waals surface area contributed by atoms with E-state index in [1.165, 1.54) is 0 Å². The number of anilines is 1. The van der Waals surface area contributed by atoms with E-state index in [0.29, 0.717) is 0 Å². The second-order valence-electron chi connectivity index (χ2n) is 4.55. The molecule has 1 aliphatic rings. The second kappa shape index (κ2) is 3.77. The summed E-state index contributed by atoms with van der Waals surface area (Å²) in [5.74, 6) is 1.76. The Hall–Kier alpha value is -1.16. The molecule has 1 atom stereocenters. The molecule has 4 heteroatoms. The molecule has 0 aliphatic carbocycles. The van der Waals surface area contributed by atoms with Gasteiger partial charge in [-0.3, -0.25) is 0 Å². The Morgan fingerprint density at radius 2 is 2.20 bits per heavy atom. The van der Waals surface area contributed by atoms with Gasteiger partial charge in [-0.2, -0.15) is 0 Å². The molecule has 1 fully saturated rings. The van der Waals surface area contributed by atoms with Crippen molar-refractivity contribution in [1.29, 1.82) is 0 Å². The van der Waals surface area contributed by atoms with Gasteiger partial charge < -0.3 is 10.6 Å². The van der Waals surface area contributed by atoms with Crippen LogP contribution in [0, 0.1) is 13.8 Å². The van der Waals surface area contributed by atoms with Crippen LogP contribution in [0.1, 0.15) is 24.9 Å². The molecule has 0 aromatic carbocycles. The first-order chi connectivity index (χ1) is 7.07. The van der Waals surface area contributed by atoms with E-state index in [1.807, 2.05) is 19.9 Å². The normalized spacial score (nSPS) is 25.5.